The summed E-state index contributed by atoms with van der Waals surface area (Å²) < 4.78 is 2.87. The smallest absolute Gasteiger partial charge is 0.227 e. The van der Waals surface area contributed by atoms with E-state index >= 15 is 0 Å². The molecule has 2 aromatic rings. The molecule has 0 atom stereocenters. The molecule has 0 saturated heterocycles. The average Bonchev–Trinajstić information content (AvgIpc) is 2.40. The number of carbonyl (C=O) groups is 1. The number of halogens is 2. The summed E-state index contributed by atoms with van der Waals surface area (Å²) >= 11 is 2.20. The molecule has 1 aromatic heterocycles. The largest absolute Gasteiger partial charge is 1.00 e. The van der Waals surface area contributed by atoms with Gasteiger partial charge in [0.2, 0.25) is 12.3 Å². The number of rotatable bonds is 3. The molecule has 0 spiro atoms. The Labute approximate surface area is 142 Å². The topological polar surface area (TPSA) is 44.7 Å². The molecule has 0 bridgehead atoms. The second-order valence-electron chi connectivity index (χ2n) is 3.80. The van der Waals surface area contributed by atoms with Gasteiger partial charge in [0, 0.05) is 21.3 Å². The fourth-order valence-electron chi connectivity index (χ4n) is 1.53. The van der Waals surface area contributed by atoms with Crippen molar-refractivity contribution in [3.05, 3.63) is 63.5 Å². The Balaban J connectivity index is 0.00000180. The number of aromatic nitrogens is 1. The summed E-state index contributed by atoms with van der Waals surface area (Å²) in [6.45, 7) is 0.284. The third-order valence-electron chi connectivity index (χ3n) is 2.51. The molecular formula is C14H10I2N2O. The van der Waals surface area contributed by atoms with Gasteiger partial charge in [-0.15, -0.1) is 0 Å². The first kappa shape index (κ1) is 16.0. The summed E-state index contributed by atoms with van der Waals surface area (Å²) in [7, 11) is 0. The molecule has 0 N–H and O–H groups in total. The maximum Gasteiger partial charge on any atom is 0.227 e. The van der Waals surface area contributed by atoms with E-state index in [2.05, 4.69) is 22.6 Å². The fraction of sp³-hybridized carbons (Fsp3) is 0.0714. The molecule has 0 amide bonds. The second-order valence-corrected chi connectivity index (χ2v) is 5.05. The van der Waals surface area contributed by atoms with Gasteiger partial charge in [-0.1, -0.05) is 12.1 Å². The first-order valence-corrected chi connectivity index (χ1v) is 6.45. The Morgan fingerprint density at radius 3 is 2.26 bits per heavy atom. The molecule has 0 unspecified atom stereocenters. The molecule has 0 saturated carbocycles. The van der Waals surface area contributed by atoms with Crippen molar-refractivity contribution in [2.75, 3.05) is 0 Å². The third kappa shape index (κ3) is 4.54. The lowest BCUT2D eigenvalue weighted by Crippen LogP contribution is -3.00. The minimum atomic E-state index is 0. The Morgan fingerprint density at radius 1 is 1.16 bits per heavy atom. The lowest BCUT2D eigenvalue weighted by atomic mass is 10.1. The van der Waals surface area contributed by atoms with Crippen molar-refractivity contribution in [3.63, 3.8) is 0 Å². The van der Waals surface area contributed by atoms with Gasteiger partial charge in [0.1, 0.15) is 0 Å². The summed E-state index contributed by atoms with van der Waals surface area (Å²) in [6, 6.07) is 12.9. The van der Waals surface area contributed by atoms with E-state index in [0.29, 0.717) is 11.1 Å². The summed E-state index contributed by atoms with van der Waals surface area (Å²) in [4.78, 5) is 12.0. The van der Waals surface area contributed by atoms with Crippen LogP contribution in [0.3, 0.4) is 0 Å². The van der Waals surface area contributed by atoms with Gasteiger partial charge in [-0.25, -0.2) is 0 Å². The van der Waals surface area contributed by atoms with E-state index in [9.17, 15) is 4.79 Å². The first-order chi connectivity index (χ1) is 8.69. The maximum absolute atomic E-state index is 12.0. The quantitative estimate of drug-likeness (QED) is 0.336. The normalized spacial score (nSPS) is 9.26. The first-order valence-electron chi connectivity index (χ1n) is 5.37. The zero-order valence-electron chi connectivity index (χ0n) is 9.88. The van der Waals surface area contributed by atoms with Crippen LogP contribution in [0.15, 0.2) is 48.8 Å². The molecule has 3 nitrogen and oxygen atoms in total. The van der Waals surface area contributed by atoms with Crippen molar-refractivity contribution in [1.29, 1.82) is 5.26 Å². The Hall–Kier alpha value is -1.01. The Morgan fingerprint density at radius 2 is 1.74 bits per heavy atom. The summed E-state index contributed by atoms with van der Waals surface area (Å²) in [5, 5.41) is 8.69. The fourth-order valence-corrected chi connectivity index (χ4v) is 1.89. The number of nitrogens with zero attached hydrogens (tertiary/aromatic N) is 2. The van der Waals surface area contributed by atoms with Gasteiger partial charge in [-0.2, -0.15) is 9.83 Å². The monoisotopic (exact) mass is 476 g/mol. The number of benzene rings is 1. The molecule has 0 aliphatic rings. The zero-order valence-corrected chi connectivity index (χ0v) is 14.2. The van der Waals surface area contributed by atoms with Crippen molar-refractivity contribution in [2.24, 2.45) is 0 Å². The lowest BCUT2D eigenvalue weighted by Gasteiger charge is -1.98. The van der Waals surface area contributed by atoms with Crippen molar-refractivity contribution < 1.29 is 33.3 Å². The number of carbonyl (C=O) groups excluding carboxylic acids is 1. The van der Waals surface area contributed by atoms with Crippen LogP contribution in [0.2, 0.25) is 0 Å². The number of Topliss-reactive ketones (excluding diaryl/α,β-unsaturated/α-hetero) is 1. The number of pyridine rings is 1. The number of ketones is 1. The molecule has 2 rings (SSSR count). The molecule has 1 heterocycles. The molecular weight excluding hydrogens is 466 g/mol. The molecule has 96 valence electrons. The summed E-state index contributed by atoms with van der Waals surface area (Å²) in [5.74, 6) is 0.0566. The van der Waals surface area contributed by atoms with E-state index in [1.54, 1.807) is 29.1 Å². The van der Waals surface area contributed by atoms with Crippen LogP contribution in [0.4, 0.5) is 0 Å². The standard InChI is InChI=1S/C14H10IN2O.HI/c15-13-3-1-12(2-4-13)14(18)10-17-7-5-11(9-16)6-8-17;/h1-8H,10H2;1H/q+1;/p-1. The SMILES string of the molecule is N#Cc1cc[n+](CC(=O)c2ccc(I)cc2)cc1.[I-]. The van der Waals surface area contributed by atoms with Gasteiger partial charge in [0.25, 0.3) is 0 Å². The molecule has 0 aliphatic heterocycles. The van der Waals surface area contributed by atoms with Crippen LogP contribution >= 0.6 is 22.6 Å². The van der Waals surface area contributed by atoms with E-state index < -0.39 is 0 Å². The minimum absolute atomic E-state index is 0. The van der Waals surface area contributed by atoms with Crippen LogP contribution in [-0.2, 0) is 6.54 Å². The highest BCUT2D eigenvalue weighted by Crippen LogP contribution is 2.07. The Kier molecular flexibility index (Phi) is 6.37. The van der Waals surface area contributed by atoms with E-state index in [1.165, 1.54) is 0 Å². The molecule has 1 aromatic carbocycles. The Bertz CT molecular complexity index is 601. The van der Waals surface area contributed by atoms with E-state index in [4.69, 9.17) is 5.26 Å². The van der Waals surface area contributed by atoms with Gasteiger partial charge in [-0.3, -0.25) is 4.79 Å². The lowest BCUT2D eigenvalue weighted by molar-refractivity contribution is -0.683. The zero-order chi connectivity index (χ0) is 13.0. The molecule has 0 radical (unpaired) electrons. The average molecular weight is 476 g/mol. The van der Waals surface area contributed by atoms with Gasteiger partial charge < -0.3 is 24.0 Å². The van der Waals surface area contributed by atoms with Crippen molar-refractivity contribution in [1.82, 2.24) is 0 Å². The van der Waals surface area contributed by atoms with Gasteiger partial charge in [0.15, 0.2) is 12.4 Å². The van der Waals surface area contributed by atoms with Gasteiger partial charge in [0.05, 0.1) is 11.6 Å². The molecule has 19 heavy (non-hydrogen) atoms. The van der Waals surface area contributed by atoms with Crippen LogP contribution in [-0.4, -0.2) is 5.78 Å². The minimum Gasteiger partial charge on any atom is -1.00 e. The number of hydrogen-bond donors (Lipinski definition) is 0. The van der Waals surface area contributed by atoms with Gasteiger partial charge in [-0.05, 0) is 34.7 Å². The second kappa shape index (κ2) is 7.55. The maximum atomic E-state index is 12.0. The number of hydrogen-bond acceptors (Lipinski definition) is 2. The highest BCUT2D eigenvalue weighted by molar-refractivity contribution is 14.1. The van der Waals surface area contributed by atoms with Crippen LogP contribution < -0.4 is 28.5 Å². The summed E-state index contributed by atoms with van der Waals surface area (Å²) in [5.41, 5.74) is 1.29. The van der Waals surface area contributed by atoms with E-state index in [0.717, 1.165) is 3.57 Å². The van der Waals surface area contributed by atoms with Crippen molar-refractivity contribution in [2.45, 2.75) is 6.54 Å². The van der Waals surface area contributed by atoms with E-state index in [-0.39, 0.29) is 36.3 Å². The van der Waals surface area contributed by atoms with Crippen LogP contribution in [0.25, 0.3) is 0 Å². The third-order valence-corrected chi connectivity index (χ3v) is 3.23. The van der Waals surface area contributed by atoms with E-state index in [1.807, 2.05) is 30.3 Å². The van der Waals surface area contributed by atoms with Crippen molar-refractivity contribution >= 4 is 28.4 Å². The highest BCUT2D eigenvalue weighted by atomic mass is 127. The summed E-state index contributed by atoms with van der Waals surface area (Å²) in [6.07, 6.45) is 3.48. The van der Waals surface area contributed by atoms with Gasteiger partial charge >= 0.3 is 0 Å². The highest BCUT2D eigenvalue weighted by Gasteiger charge is 2.11. The van der Waals surface area contributed by atoms with Crippen molar-refractivity contribution in [3.8, 4) is 6.07 Å². The predicted molar refractivity (Wildman–Crippen MR) is 74.8 cm³/mol. The number of nitriles is 1. The van der Waals surface area contributed by atoms with Crippen LogP contribution in [0.1, 0.15) is 15.9 Å². The van der Waals surface area contributed by atoms with Crippen LogP contribution in [0.5, 0.6) is 0 Å². The molecule has 0 fully saturated rings. The molecule has 0 aliphatic carbocycles. The van der Waals surface area contributed by atoms with Crippen LogP contribution in [0, 0.1) is 14.9 Å². The molecule has 5 heteroatoms. The predicted octanol–water partition coefficient (Wildman–Crippen LogP) is -0.663.